The Morgan fingerprint density at radius 3 is 2.55 bits per heavy atom. The lowest BCUT2D eigenvalue weighted by Crippen LogP contribution is -2.56. The van der Waals surface area contributed by atoms with Gasteiger partial charge in [0.1, 0.15) is 11.4 Å². The number of H-pyrrole nitrogens is 1. The molecule has 3 heterocycles. The summed E-state index contributed by atoms with van der Waals surface area (Å²) >= 11 is 0. The van der Waals surface area contributed by atoms with Crippen molar-refractivity contribution in [3.05, 3.63) is 47.3 Å². The molecule has 1 amide bonds. The van der Waals surface area contributed by atoms with Crippen LogP contribution in [0.15, 0.2) is 30.3 Å². The second-order valence-electron chi connectivity index (χ2n) is 8.25. The fraction of sp³-hybridized carbons (Fsp3) is 0.522. The van der Waals surface area contributed by atoms with Crippen molar-refractivity contribution in [2.75, 3.05) is 51.3 Å². The summed E-state index contributed by atoms with van der Waals surface area (Å²) in [5.74, 6) is 1.08. The van der Waals surface area contributed by atoms with Crippen molar-refractivity contribution < 1.29 is 9.53 Å². The number of hydrogen-bond acceptors (Lipinski definition) is 4. The molecule has 4 rings (SSSR count). The second-order valence-corrected chi connectivity index (χ2v) is 8.25. The van der Waals surface area contributed by atoms with E-state index in [4.69, 9.17) is 4.74 Å². The first-order chi connectivity index (χ1) is 14.1. The van der Waals surface area contributed by atoms with Gasteiger partial charge in [-0.25, -0.2) is 0 Å². The summed E-state index contributed by atoms with van der Waals surface area (Å²) in [6, 6.07) is 10.7. The Morgan fingerprint density at radius 2 is 1.86 bits per heavy atom. The Morgan fingerprint density at radius 1 is 1.10 bits per heavy atom. The molecule has 1 N–H and O–H groups in total. The second kappa shape index (κ2) is 8.49. The predicted octanol–water partition coefficient (Wildman–Crippen LogP) is 3.07. The van der Waals surface area contributed by atoms with Gasteiger partial charge in [-0.05, 0) is 50.5 Å². The maximum absolute atomic E-state index is 13.0. The third-order valence-electron chi connectivity index (χ3n) is 6.30. The van der Waals surface area contributed by atoms with Gasteiger partial charge in [0.25, 0.3) is 5.91 Å². The first-order valence-electron chi connectivity index (χ1n) is 10.6. The Balaban J connectivity index is 1.37. The summed E-state index contributed by atoms with van der Waals surface area (Å²) in [5, 5.41) is 0. The number of likely N-dealkylation sites (tertiary alicyclic amines) is 1. The molecular weight excluding hydrogens is 364 g/mol. The van der Waals surface area contributed by atoms with Crippen LogP contribution in [0.4, 0.5) is 5.69 Å². The number of aryl methyl sites for hydroxylation is 2. The molecule has 2 aliphatic heterocycles. The van der Waals surface area contributed by atoms with Gasteiger partial charge in [0.05, 0.1) is 12.8 Å². The van der Waals surface area contributed by atoms with Crippen LogP contribution in [0.25, 0.3) is 0 Å². The smallest absolute Gasteiger partial charge is 0.270 e. The summed E-state index contributed by atoms with van der Waals surface area (Å²) in [4.78, 5) is 23.3. The van der Waals surface area contributed by atoms with E-state index >= 15 is 0 Å². The number of benzene rings is 1. The number of anilines is 1. The number of carbonyl (C=O) groups is 1. The fourth-order valence-electron chi connectivity index (χ4n) is 4.77. The average Bonchev–Trinajstić information content (AvgIpc) is 3.11. The van der Waals surface area contributed by atoms with Crippen LogP contribution in [0.3, 0.4) is 0 Å². The Kier molecular flexibility index (Phi) is 5.81. The normalized spacial score (nSPS) is 20.7. The molecule has 1 aromatic heterocycles. The lowest BCUT2D eigenvalue weighted by atomic mass is 10.0. The molecule has 1 atom stereocenters. The van der Waals surface area contributed by atoms with Crippen molar-refractivity contribution in [1.29, 1.82) is 0 Å². The van der Waals surface area contributed by atoms with Crippen LogP contribution in [0, 0.1) is 13.8 Å². The number of hydrogen-bond donors (Lipinski definition) is 1. The van der Waals surface area contributed by atoms with Crippen LogP contribution in [-0.4, -0.2) is 73.1 Å². The Labute approximate surface area is 173 Å². The van der Waals surface area contributed by atoms with E-state index in [1.807, 2.05) is 36.9 Å². The minimum absolute atomic E-state index is 0.146. The number of carbonyl (C=O) groups excluding carboxylic acids is 1. The number of methoxy groups -OCH3 is 1. The van der Waals surface area contributed by atoms with Crippen molar-refractivity contribution in [2.45, 2.75) is 32.7 Å². The first kappa shape index (κ1) is 19.8. The number of nitrogens with zero attached hydrogens (tertiary/aromatic N) is 3. The fourth-order valence-corrected chi connectivity index (χ4v) is 4.77. The SMILES string of the molecule is COc1ccccc1N1CCN(C2CCCN(C(=O)c3[nH]c(C)cc3C)C2)CC1. The van der Waals surface area contributed by atoms with Crippen molar-refractivity contribution in [1.82, 2.24) is 14.8 Å². The lowest BCUT2D eigenvalue weighted by molar-refractivity contribution is 0.0558. The van der Waals surface area contributed by atoms with Crippen LogP contribution in [0.2, 0.25) is 0 Å². The standard InChI is InChI=1S/C23H32N4O2/c1-17-15-18(2)24-22(17)23(28)27-10-6-7-19(16-27)25-11-13-26(14-12-25)20-8-4-5-9-21(20)29-3/h4-5,8-9,15,19,24H,6-7,10-14,16H2,1-3H3. The number of aromatic amines is 1. The minimum Gasteiger partial charge on any atom is -0.495 e. The number of rotatable bonds is 4. The molecule has 2 saturated heterocycles. The lowest BCUT2D eigenvalue weighted by Gasteiger charge is -2.44. The molecule has 29 heavy (non-hydrogen) atoms. The van der Waals surface area contributed by atoms with Crippen molar-refractivity contribution in [3.63, 3.8) is 0 Å². The molecule has 1 aromatic carbocycles. The topological polar surface area (TPSA) is 51.8 Å². The van der Waals surface area contributed by atoms with E-state index in [2.05, 4.69) is 26.9 Å². The van der Waals surface area contributed by atoms with Gasteiger partial charge >= 0.3 is 0 Å². The van der Waals surface area contributed by atoms with Gasteiger partial charge in [0.15, 0.2) is 0 Å². The van der Waals surface area contributed by atoms with Gasteiger partial charge < -0.3 is 19.5 Å². The zero-order chi connectivity index (χ0) is 20.4. The maximum atomic E-state index is 13.0. The largest absolute Gasteiger partial charge is 0.495 e. The van der Waals surface area contributed by atoms with Crippen molar-refractivity contribution in [3.8, 4) is 5.75 Å². The number of piperidine rings is 1. The van der Waals surface area contributed by atoms with Gasteiger partial charge in [0.2, 0.25) is 0 Å². The van der Waals surface area contributed by atoms with E-state index in [0.717, 1.165) is 68.4 Å². The van der Waals surface area contributed by atoms with Gasteiger partial charge in [-0.15, -0.1) is 0 Å². The molecule has 6 heteroatoms. The minimum atomic E-state index is 0.146. The summed E-state index contributed by atoms with van der Waals surface area (Å²) in [6.07, 6.45) is 2.24. The highest BCUT2D eigenvalue weighted by molar-refractivity contribution is 5.94. The predicted molar refractivity (Wildman–Crippen MR) is 116 cm³/mol. The molecular formula is C23H32N4O2. The third-order valence-corrected chi connectivity index (χ3v) is 6.30. The van der Waals surface area contributed by atoms with Crippen molar-refractivity contribution >= 4 is 11.6 Å². The van der Waals surface area contributed by atoms with Crippen molar-refractivity contribution in [2.24, 2.45) is 0 Å². The molecule has 2 fully saturated rings. The van der Waals surface area contributed by atoms with Crippen LogP contribution < -0.4 is 9.64 Å². The molecule has 0 saturated carbocycles. The van der Waals surface area contributed by atoms with E-state index in [-0.39, 0.29) is 5.91 Å². The average molecular weight is 397 g/mol. The molecule has 0 radical (unpaired) electrons. The third kappa shape index (κ3) is 4.13. The van der Waals surface area contributed by atoms with Gasteiger partial charge in [0, 0.05) is 51.0 Å². The number of ether oxygens (including phenoxy) is 1. The molecule has 6 nitrogen and oxygen atoms in total. The van der Waals surface area contributed by atoms with Gasteiger partial charge in [-0.2, -0.15) is 0 Å². The summed E-state index contributed by atoms with van der Waals surface area (Å²) in [7, 11) is 1.73. The molecule has 2 aliphatic rings. The highest BCUT2D eigenvalue weighted by atomic mass is 16.5. The monoisotopic (exact) mass is 396 g/mol. The molecule has 0 spiro atoms. The number of nitrogens with one attached hydrogen (secondary N) is 1. The molecule has 0 aliphatic carbocycles. The molecule has 2 aromatic rings. The van der Waals surface area contributed by atoms with E-state index in [1.165, 1.54) is 12.1 Å². The zero-order valence-electron chi connectivity index (χ0n) is 17.8. The summed E-state index contributed by atoms with van der Waals surface area (Å²) in [6.45, 7) is 9.70. The Hall–Kier alpha value is -2.47. The molecule has 1 unspecified atom stereocenters. The van der Waals surface area contributed by atoms with Crippen LogP contribution >= 0.6 is 0 Å². The quantitative estimate of drug-likeness (QED) is 0.863. The van der Waals surface area contributed by atoms with Crippen LogP contribution in [0.1, 0.15) is 34.6 Å². The summed E-state index contributed by atoms with van der Waals surface area (Å²) < 4.78 is 5.53. The van der Waals surface area contributed by atoms with E-state index < -0.39 is 0 Å². The van der Waals surface area contributed by atoms with E-state index in [9.17, 15) is 4.79 Å². The number of aromatic nitrogens is 1. The number of amides is 1. The molecule has 0 bridgehead atoms. The highest BCUT2D eigenvalue weighted by Gasteiger charge is 2.31. The highest BCUT2D eigenvalue weighted by Crippen LogP contribution is 2.29. The first-order valence-corrected chi connectivity index (χ1v) is 10.6. The number of para-hydroxylation sites is 2. The zero-order valence-corrected chi connectivity index (χ0v) is 17.8. The van der Waals surface area contributed by atoms with Gasteiger partial charge in [-0.3, -0.25) is 9.69 Å². The Bertz CT molecular complexity index is 854. The van der Waals surface area contributed by atoms with E-state index in [1.54, 1.807) is 7.11 Å². The van der Waals surface area contributed by atoms with Crippen LogP contribution in [0.5, 0.6) is 5.75 Å². The van der Waals surface area contributed by atoms with Gasteiger partial charge in [-0.1, -0.05) is 12.1 Å². The summed E-state index contributed by atoms with van der Waals surface area (Å²) in [5.41, 5.74) is 4.02. The molecule has 156 valence electrons. The number of piperazine rings is 1. The van der Waals surface area contributed by atoms with Crippen LogP contribution in [-0.2, 0) is 0 Å². The van der Waals surface area contributed by atoms with E-state index in [0.29, 0.717) is 6.04 Å². The maximum Gasteiger partial charge on any atom is 0.270 e.